The summed E-state index contributed by atoms with van der Waals surface area (Å²) in [5.74, 6) is 0.170. The lowest BCUT2D eigenvalue weighted by Gasteiger charge is -2.42. The minimum absolute atomic E-state index is 0.0706. The first kappa shape index (κ1) is 20.6. The van der Waals surface area contributed by atoms with Gasteiger partial charge >= 0.3 is 0 Å². The summed E-state index contributed by atoms with van der Waals surface area (Å²) in [5.41, 5.74) is 5.84. The highest BCUT2D eigenvalue weighted by Gasteiger charge is 2.33. The summed E-state index contributed by atoms with van der Waals surface area (Å²) in [5, 5.41) is 2.55. The Balaban J connectivity index is 1.65. The van der Waals surface area contributed by atoms with Gasteiger partial charge in [0, 0.05) is 18.2 Å². The van der Waals surface area contributed by atoms with E-state index in [1.807, 2.05) is 0 Å². The minimum atomic E-state index is 0.0706. The van der Waals surface area contributed by atoms with Gasteiger partial charge in [0.15, 0.2) is 0 Å². The number of fused-ring (bicyclic) bond motifs is 2. The van der Waals surface area contributed by atoms with Crippen LogP contribution in [0.15, 0.2) is 54.6 Å². The molecular weight excluding hydrogens is 368 g/mol. The van der Waals surface area contributed by atoms with E-state index >= 15 is 0 Å². The van der Waals surface area contributed by atoms with E-state index < -0.39 is 0 Å². The lowest BCUT2D eigenvalue weighted by atomic mass is 9.93. The number of carbonyl (C=O) groups is 1. The number of hydrogen-bond donors (Lipinski definition) is 0. The predicted molar refractivity (Wildman–Crippen MR) is 125 cm³/mol. The average molecular weight is 401 g/mol. The summed E-state index contributed by atoms with van der Waals surface area (Å²) in [7, 11) is 2.16. The summed E-state index contributed by atoms with van der Waals surface area (Å²) in [6.07, 6.45) is 1.90. The first-order chi connectivity index (χ1) is 14.4. The van der Waals surface area contributed by atoms with Crippen LogP contribution in [0, 0.1) is 13.8 Å². The highest BCUT2D eigenvalue weighted by molar-refractivity contribution is 5.97. The van der Waals surface area contributed by atoms with E-state index in [-0.39, 0.29) is 18.1 Å². The predicted octanol–water partition coefficient (Wildman–Crippen LogP) is 5.88. The van der Waals surface area contributed by atoms with E-state index in [0.717, 1.165) is 24.9 Å². The molecule has 0 aromatic heterocycles. The number of hydrogen-bond acceptors (Lipinski definition) is 2. The van der Waals surface area contributed by atoms with Crippen LogP contribution >= 0.6 is 0 Å². The molecule has 4 rings (SSSR count). The topological polar surface area (TPSA) is 23.6 Å². The van der Waals surface area contributed by atoms with Crippen LogP contribution in [0.1, 0.15) is 58.9 Å². The first-order valence-electron chi connectivity index (χ1n) is 11.0. The Labute approximate surface area is 180 Å². The Morgan fingerprint density at radius 2 is 1.73 bits per heavy atom. The molecule has 3 aromatic rings. The van der Waals surface area contributed by atoms with Crippen LogP contribution in [0.3, 0.4) is 0 Å². The van der Waals surface area contributed by atoms with Crippen molar-refractivity contribution in [2.24, 2.45) is 0 Å². The smallest absolute Gasteiger partial charge is 0.255 e. The number of aryl methyl sites for hydroxylation is 2. The van der Waals surface area contributed by atoms with Gasteiger partial charge in [-0.3, -0.25) is 9.69 Å². The second kappa shape index (κ2) is 8.23. The van der Waals surface area contributed by atoms with E-state index in [1.54, 1.807) is 0 Å². The van der Waals surface area contributed by atoms with E-state index in [1.165, 1.54) is 33.0 Å². The fraction of sp³-hybridized carbons (Fsp3) is 0.370. The molecule has 0 saturated carbocycles. The molecule has 0 N–H and O–H groups in total. The van der Waals surface area contributed by atoms with Crippen LogP contribution in [0.5, 0.6) is 0 Å². The lowest BCUT2D eigenvalue weighted by Crippen LogP contribution is -2.52. The molecule has 30 heavy (non-hydrogen) atoms. The van der Waals surface area contributed by atoms with Crippen molar-refractivity contribution < 1.29 is 4.79 Å². The maximum absolute atomic E-state index is 13.5. The Kier molecular flexibility index (Phi) is 5.66. The van der Waals surface area contributed by atoms with Crippen molar-refractivity contribution in [1.82, 2.24) is 9.80 Å². The second-order valence-electron chi connectivity index (χ2n) is 8.64. The van der Waals surface area contributed by atoms with Crippen LogP contribution in [0.4, 0.5) is 0 Å². The Hall–Kier alpha value is -2.65. The van der Waals surface area contributed by atoms with E-state index in [9.17, 15) is 4.79 Å². The van der Waals surface area contributed by atoms with Crippen LogP contribution in [-0.2, 0) is 6.42 Å². The number of carbonyl (C=O) groups excluding carboxylic acids is 1. The zero-order chi connectivity index (χ0) is 21.4. The summed E-state index contributed by atoms with van der Waals surface area (Å²) in [4.78, 5) is 17.9. The molecule has 1 aliphatic rings. The van der Waals surface area contributed by atoms with Gasteiger partial charge in [0.05, 0.1) is 6.17 Å². The molecule has 1 heterocycles. The number of benzene rings is 3. The molecule has 2 atom stereocenters. The third-order valence-electron chi connectivity index (χ3n) is 6.91. The van der Waals surface area contributed by atoms with Crippen molar-refractivity contribution in [2.45, 2.75) is 52.7 Å². The minimum Gasteiger partial charge on any atom is -0.323 e. The molecule has 0 saturated heterocycles. The molecule has 0 spiro atoms. The zero-order valence-corrected chi connectivity index (χ0v) is 18.8. The monoisotopic (exact) mass is 400 g/mol. The number of nitrogens with zero attached hydrogens (tertiary/aromatic N) is 2. The molecule has 1 amide bonds. The van der Waals surface area contributed by atoms with Crippen LogP contribution < -0.4 is 0 Å². The van der Waals surface area contributed by atoms with Crippen LogP contribution in [0.2, 0.25) is 0 Å². The standard InChI is InChI=1S/C27H32N2O/c1-6-26(29-15-14-22-16-18(2)19(3)17-25(22)27(29)30)28(5)20(4)23-13-9-11-21-10-7-8-12-24(21)23/h7-13,16-17,20,26H,6,14-15H2,1-5H3. The largest absolute Gasteiger partial charge is 0.323 e. The summed E-state index contributed by atoms with van der Waals surface area (Å²) in [6, 6.07) is 19.6. The fourth-order valence-corrected chi connectivity index (χ4v) is 4.88. The maximum Gasteiger partial charge on any atom is 0.255 e. The molecule has 3 aromatic carbocycles. The van der Waals surface area contributed by atoms with Gasteiger partial charge in [0.25, 0.3) is 5.91 Å². The molecule has 3 heteroatoms. The van der Waals surface area contributed by atoms with Gasteiger partial charge in [-0.2, -0.15) is 0 Å². The highest BCUT2D eigenvalue weighted by Crippen LogP contribution is 2.32. The quantitative estimate of drug-likeness (QED) is 0.534. The summed E-state index contributed by atoms with van der Waals surface area (Å²) >= 11 is 0. The van der Waals surface area contributed by atoms with Crippen LogP contribution in [0.25, 0.3) is 10.8 Å². The Morgan fingerprint density at radius 1 is 1.03 bits per heavy atom. The van der Waals surface area contributed by atoms with Gasteiger partial charge in [0.2, 0.25) is 0 Å². The van der Waals surface area contributed by atoms with Crippen LogP contribution in [-0.4, -0.2) is 35.5 Å². The molecule has 2 unspecified atom stereocenters. The van der Waals surface area contributed by atoms with Crippen molar-refractivity contribution in [1.29, 1.82) is 0 Å². The van der Waals surface area contributed by atoms with Gasteiger partial charge in [-0.05, 0) is 79.8 Å². The number of amides is 1. The highest BCUT2D eigenvalue weighted by atomic mass is 16.2. The van der Waals surface area contributed by atoms with Gasteiger partial charge < -0.3 is 4.90 Å². The normalized spacial score (nSPS) is 16.1. The second-order valence-corrected chi connectivity index (χ2v) is 8.64. The van der Waals surface area contributed by atoms with E-state index in [0.29, 0.717) is 0 Å². The third-order valence-corrected chi connectivity index (χ3v) is 6.91. The van der Waals surface area contributed by atoms with Gasteiger partial charge in [-0.1, -0.05) is 55.5 Å². The first-order valence-corrected chi connectivity index (χ1v) is 11.0. The molecule has 0 bridgehead atoms. The number of rotatable bonds is 5. The fourth-order valence-electron chi connectivity index (χ4n) is 4.88. The van der Waals surface area contributed by atoms with Crippen molar-refractivity contribution in [3.8, 4) is 0 Å². The molecule has 1 aliphatic heterocycles. The molecule has 156 valence electrons. The van der Waals surface area contributed by atoms with Crippen molar-refractivity contribution in [2.75, 3.05) is 13.6 Å². The van der Waals surface area contributed by atoms with Gasteiger partial charge in [-0.15, -0.1) is 0 Å². The molecular formula is C27H32N2O. The maximum atomic E-state index is 13.5. The molecule has 0 radical (unpaired) electrons. The third kappa shape index (κ3) is 3.52. The zero-order valence-electron chi connectivity index (χ0n) is 18.8. The SMILES string of the molecule is CCC(N1CCc2cc(C)c(C)cc2C1=O)N(C)C(C)c1cccc2ccccc12. The molecule has 0 fully saturated rings. The summed E-state index contributed by atoms with van der Waals surface area (Å²) < 4.78 is 0. The molecule has 0 aliphatic carbocycles. The Bertz CT molecular complexity index is 1080. The van der Waals surface area contributed by atoms with E-state index in [2.05, 4.69) is 99.1 Å². The van der Waals surface area contributed by atoms with Crippen molar-refractivity contribution >= 4 is 16.7 Å². The summed E-state index contributed by atoms with van der Waals surface area (Å²) in [6.45, 7) is 9.43. The lowest BCUT2D eigenvalue weighted by molar-refractivity contribution is 0.0236. The van der Waals surface area contributed by atoms with Crippen molar-refractivity contribution in [3.05, 3.63) is 82.4 Å². The van der Waals surface area contributed by atoms with Gasteiger partial charge in [-0.25, -0.2) is 0 Å². The van der Waals surface area contributed by atoms with Gasteiger partial charge in [0.1, 0.15) is 0 Å². The van der Waals surface area contributed by atoms with E-state index in [4.69, 9.17) is 0 Å². The van der Waals surface area contributed by atoms with Crippen molar-refractivity contribution in [3.63, 3.8) is 0 Å². The molecule has 3 nitrogen and oxygen atoms in total. The Morgan fingerprint density at radius 3 is 2.50 bits per heavy atom. The average Bonchev–Trinajstić information content (AvgIpc) is 2.76.